The van der Waals surface area contributed by atoms with Crippen LogP contribution in [-0.4, -0.2) is 20.2 Å². The predicted octanol–water partition coefficient (Wildman–Crippen LogP) is 3.79. The minimum atomic E-state index is 0.286. The second-order valence-electron chi connectivity index (χ2n) is 3.79. The SMILES string of the molecule is N#Cc1nc2cc(Sc3ccc(Cl)nn3)cc(Br)c2[nH]1. The van der Waals surface area contributed by atoms with E-state index in [4.69, 9.17) is 16.9 Å². The number of hydrogen-bond donors (Lipinski definition) is 1. The van der Waals surface area contributed by atoms with Gasteiger partial charge in [-0.15, -0.1) is 10.2 Å². The van der Waals surface area contributed by atoms with Gasteiger partial charge in [0.2, 0.25) is 5.82 Å². The molecule has 3 aromatic rings. The van der Waals surface area contributed by atoms with E-state index >= 15 is 0 Å². The fraction of sp³-hybridized carbons (Fsp3) is 0. The van der Waals surface area contributed by atoms with Crippen LogP contribution in [0.3, 0.4) is 0 Å². The smallest absolute Gasteiger partial charge is 0.211 e. The topological polar surface area (TPSA) is 78.2 Å². The van der Waals surface area contributed by atoms with E-state index in [1.165, 1.54) is 11.8 Å². The van der Waals surface area contributed by atoms with Gasteiger partial charge in [0.05, 0.1) is 11.0 Å². The van der Waals surface area contributed by atoms with Gasteiger partial charge in [0, 0.05) is 9.37 Å². The van der Waals surface area contributed by atoms with Gasteiger partial charge >= 0.3 is 0 Å². The van der Waals surface area contributed by atoms with Crippen LogP contribution in [0.2, 0.25) is 5.15 Å². The van der Waals surface area contributed by atoms with Crippen molar-refractivity contribution in [2.75, 3.05) is 0 Å². The summed E-state index contributed by atoms with van der Waals surface area (Å²) < 4.78 is 0.841. The Kier molecular flexibility index (Phi) is 3.61. The zero-order valence-electron chi connectivity index (χ0n) is 9.76. The van der Waals surface area contributed by atoms with Crippen molar-refractivity contribution in [3.63, 3.8) is 0 Å². The normalized spacial score (nSPS) is 10.7. The lowest BCUT2D eigenvalue weighted by atomic mass is 10.3. The van der Waals surface area contributed by atoms with Gasteiger partial charge in [-0.1, -0.05) is 23.4 Å². The molecule has 2 heterocycles. The van der Waals surface area contributed by atoms with Crippen molar-refractivity contribution in [1.82, 2.24) is 20.2 Å². The van der Waals surface area contributed by atoms with Gasteiger partial charge in [0.15, 0.2) is 5.15 Å². The Balaban J connectivity index is 2.00. The van der Waals surface area contributed by atoms with Crippen molar-refractivity contribution in [3.8, 4) is 6.07 Å². The molecule has 0 saturated carbocycles. The monoisotopic (exact) mass is 365 g/mol. The average Bonchev–Trinajstić information content (AvgIpc) is 2.85. The zero-order valence-corrected chi connectivity index (χ0v) is 12.9. The van der Waals surface area contributed by atoms with Gasteiger partial charge in [-0.25, -0.2) is 4.98 Å². The van der Waals surface area contributed by atoms with Crippen LogP contribution in [0, 0.1) is 11.3 Å². The van der Waals surface area contributed by atoms with Crippen LogP contribution in [0.25, 0.3) is 11.0 Å². The number of nitrogens with zero attached hydrogens (tertiary/aromatic N) is 4. The summed E-state index contributed by atoms with van der Waals surface area (Å²) in [6.45, 7) is 0. The van der Waals surface area contributed by atoms with Gasteiger partial charge in [-0.3, -0.25) is 0 Å². The van der Waals surface area contributed by atoms with E-state index in [1.807, 2.05) is 18.2 Å². The van der Waals surface area contributed by atoms with Gasteiger partial charge in [-0.2, -0.15) is 5.26 Å². The maximum absolute atomic E-state index is 8.86. The molecule has 0 amide bonds. The number of rotatable bonds is 2. The number of benzene rings is 1. The van der Waals surface area contributed by atoms with E-state index < -0.39 is 0 Å². The average molecular weight is 367 g/mol. The Hall–Kier alpha value is -1.62. The second kappa shape index (κ2) is 5.40. The first kappa shape index (κ1) is 13.4. The lowest BCUT2D eigenvalue weighted by Crippen LogP contribution is -1.85. The van der Waals surface area contributed by atoms with Gasteiger partial charge in [0.1, 0.15) is 11.1 Å². The summed E-state index contributed by atoms with van der Waals surface area (Å²) in [6, 6.07) is 9.29. The maximum atomic E-state index is 8.86. The van der Waals surface area contributed by atoms with Crippen LogP contribution >= 0.6 is 39.3 Å². The quantitative estimate of drug-likeness (QED) is 0.746. The van der Waals surface area contributed by atoms with Crippen molar-refractivity contribution >= 4 is 50.3 Å². The van der Waals surface area contributed by atoms with Crippen LogP contribution in [0.4, 0.5) is 0 Å². The van der Waals surface area contributed by atoms with Crippen molar-refractivity contribution in [1.29, 1.82) is 5.26 Å². The molecule has 1 N–H and O–H groups in total. The lowest BCUT2D eigenvalue weighted by Gasteiger charge is -2.01. The molecule has 0 unspecified atom stereocenters. The van der Waals surface area contributed by atoms with E-state index in [1.54, 1.807) is 12.1 Å². The molecule has 5 nitrogen and oxygen atoms in total. The molecule has 0 saturated heterocycles. The fourth-order valence-electron chi connectivity index (χ4n) is 1.64. The summed E-state index contributed by atoms with van der Waals surface area (Å²) in [5.41, 5.74) is 1.52. The third kappa shape index (κ3) is 2.63. The van der Waals surface area contributed by atoms with Crippen molar-refractivity contribution in [3.05, 3.63) is 39.7 Å². The van der Waals surface area contributed by atoms with Crippen LogP contribution in [0.5, 0.6) is 0 Å². The Bertz CT molecular complexity index is 824. The molecule has 2 aromatic heterocycles. The highest BCUT2D eigenvalue weighted by Crippen LogP contribution is 2.32. The molecule has 20 heavy (non-hydrogen) atoms. The van der Waals surface area contributed by atoms with E-state index in [0.717, 1.165) is 25.4 Å². The van der Waals surface area contributed by atoms with Crippen molar-refractivity contribution < 1.29 is 0 Å². The van der Waals surface area contributed by atoms with E-state index in [9.17, 15) is 0 Å². The third-order valence-corrected chi connectivity index (χ3v) is 4.18. The second-order valence-corrected chi connectivity index (χ2v) is 6.13. The molecular formula is C12H5BrClN5S. The first-order valence-electron chi connectivity index (χ1n) is 5.42. The first-order valence-corrected chi connectivity index (χ1v) is 7.41. The van der Waals surface area contributed by atoms with Crippen molar-refractivity contribution in [2.24, 2.45) is 0 Å². The highest BCUT2D eigenvalue weighted by molar-refractivity contribution is 9.10. The minimum absolute atomic E-state index is 0.286. The number of H-pyrrole nitrogens is 1. The Morgan fingerprint density at radius 2 is 2.15 bits per heavy atom. The largest absolute Gasteiger partial charge is 0.329 e. The van der Waals surface area contributed by atoms with Crippen LogP contribution in [-0.2, 0) is 0 Å². The molecule has 0 atom stereocenters. The summed E-state index contributed by atoms with van der Waals surface area (Å²) >= 11 is 10.6. The molecule has 0 spiro atoms. The standard InChI is InChI=1S/C12H5BrClN5S/c13-7-3-6(20-11-2-1-9(14)18-19-11)4-8-12(7)17-10(5-15)16-8/h1-4H,(H,16,17). The van der Waals surface area contributed by atoms with Gasteiger partial charge in [0.25, 0.3) is 0 Å². The number of aromatic amines is 1. The van der Waals surface area contributed by atoms with Crippen molar-refractivity contribution in [2.45, 2.75) is 9.92 Å². The molecule has 0 fully saturated rings. The number of nitrogens with one attached hydrogen (secondary N) is 1. The number of fused-ring (bicyclic) bond motifs is 1. The van der Waals surface area contributed by atoms with Crippen LogP contribution < -0.4 is 0 Å². The summed E-state index contributed by atoms with van der Waals surface area (Å²) in [7, 11) is 0. The Labute approximate surface area is 131 Å². The summed E-state index contributed by atoms with van der Waals surface area (Å²) in [4.78, 5) is 8.07. The van der Waals surface area contributed by atoms with Crippen LogP contribution in [0.1, 0.15) is 5.82 Å². The summed E-state index contributed by atoms with van der Waals surface area (Å²) in [5, 5.41) is 17.7. The number of hydrogen-bond acceptors (Lipinski definition) is 5. The van der Waals surface area contributed by atoms with E-state index in [-0.39, 0.29) is 5.82 Å². The molecule has 0 bridgehead atoms. The number of nitriles is 1. The summed E-state index contributed by atoms with van der Waals surface area (Å²) in [5.74, 6) is 0.286. The Morgan fingerprint density at radius 3 is 2.85 bits per heavy atom. The minimum Gasteiger partial charge on any atom is -0.329 e. The third-order valence-electron chi connectivity index (χ3n) is 2.45. The molecule has 0 aliphatic rings. The van der Waals surface area contributed by atoms with Crippen LogP contribution in [0.15, 0.2) is 38.7 Å². The number of imidazole rings is 1. The molecule has 0 aliphatic carbocycles. The fourth-order valence-corrected chi connectivity index (χ4v) is 3.25. The van der Waals surface area contributed by atoms with E-state index in [2.05, 4.69) is 36.1 Å². The van der Waals surface area contributed by atoms with Gasteiger partial charge in [-0.05, 0) is 40.2 Å². The van der Waals surface area contributed by atoms with Gasteiger partial charge < -0.3 is 4.98 Å². The Morgan fingerprint density at radius 1 is 1.30 bits per heavy atom. The molecule has 98 valence electrons. The summed E-state index contributed by atoms with van der Waals surface area (Å²) in [6.07, 6.45) is 0. The van der Waals surface area contributed by atoms with E-state index in [0.29, 0.717) is 5.15 Å². The molecular weight excluding hydrogens is 362 g/mol. The molecule has 0 aliphatic heterocycles. The predicted molar refractivity (Wildman–Crippen MR) is 79.7 cm³/mol. The highest BCUT2D eigenvalue weighted by Gasteiger charge is 2.09. The number of halogens is 2. The molecule has 0 radical (unpaired) electrons. The lowest BCUT2D eigenvalue weighted by molar-refractivity contribution is 0.930. The highest BCUT2D eigenvalue weighted by atomic mass is 79.9. The first-order chi connectivity index (χ1) is 9.65. The maximum Gasteiger partial charge on any atom is 0.211 e. The number of aromatic nitrogens is 4. The zero-order chi connectivity index (χ0) is 14.1. The molecule has 3 rings (SSSR count). The molecule has 1 aromatic carbocycles. The molecule has 8 heteroatoms.